The summed E-state index contributed by atoms with van der Waals surface area (Å²) in [4.78, 5) is -0.779. The van der Waals surface area contributed by atoms with Gasteiger partial charge in [0, 0.05) is 23.7 Å². The zero-order valence-electron chi connectivity index (χ0n) is 10.0. The number of nitrogens with one attached hydrogen (secondary N) is 1. The SMILES string of the molecule is C=CCSCCNS(=O)(=O)c1cc(N)cc(F)c1F. The fourth-order valence-electron chi connectivity index (χ4n) is 1.27. The van der Waals surface area contributed by atoms with Gasteiger partial charge in [-0.15, -0.1) is 6.58 Å². The fourth-order valence-corrected chi connectivity index (χ4v) is 3.13. The first-order valence-corrected chi connectivity index (χ1v) is 7.95. The summed E-state index contributed by atoms with van der Waals surface area (Å²) in [6.07, 6.45) is 1.69. The van der Waals surface area contributed by atoms with Crippen molar-refractivity contribution < 1.29 is 17.2 Å². The molecule has 0 spiro atoms. The molecule has 0 saturated heterocycles. The van der Waals surface area contributed by atoms with Crippen LogP contribution in [0.15, 0.2) is 29.7 Å². The second-order valence-electron chi connectivity index (χ2n) is 3.58. The number of halogens is 2. The number of thioether (sulfide) groups is 1. The van der Waals surface area contributed by atoms with Gasteiger partial charge in [-0.1, -0.05) is 6.08 Å². The van der Waals surface area contributed by atoms with Crippen LogP contribution in [-0.2, 0) is 10.0 Å². The first-order valence-electron chi connectivity index (χ1n) is 5.31. The Hall–Kier alpha value is -1.12. The van der Waals surface area contributed by atoms with Crippen molar-refractivity contribution in [2.45, 2.75) is 4.90 Å². The van der Waals surface area contributed by atoms with Crippen LogP contribution in [0.1, 0.15) is 0 Å². The number of hydrogen-bond acceptors (Lipinski definition) is 4. The normalized spacial score (nSPS) is 11.5. The highest BCUT2D eigenvalue weighted by molar-refractivity contribution is 7.99. The molecule has 0 atom stereocenters. The highest BCUT2D eigenvalue weighted by Gasteiger charge is 2.22. The Kier molecular flexibility index (Phi) is 5.77. The molecular formula is C11H14F2N2O2S2. The lowest BCUT2D eigenvalue weighted by Crippen LogP contribution is -2.27. The van der Waals surface area contributed by atoms with E-state index in [1.54, 1.807) is 6.08 Å². The van der Waals surface area contributed by atoms with Crippen molar-refractivity contribution in [2.75, 3.05) is 23.8 Å². The van der Waals surface area contributed by atoms with Crippen molar-refractivity contribution in [2.24, 2.45) is 0 Å². The Labute approximate surface area is 115 Å². The molecule has 0 bridgehead atoms. The molecule has 0 aliphatic rings. The average Bonchev–Trinajstić information content (AvgIpc) is 2.33. The molecule has 8 heteroatoms. The molecule has 1 aromatic carbocycles. The Morgan fingerprint density at radius 1 is 1.42 bits per heavy atom. The minimum absolute atomic E-state index is 0.108. The quantitative estimate of drug-likeness (QED) is 0.457. The van der Waals surface area contributed by atoms with Gasteiger partial charge in [0.25, 0.3) is 0 Å². The van der Waals surface area contributed by atoms with Gasteiger partial charge in [0.2, 0.25) is 10.0 Å². The number of nitrogen functional groups attached to an aromatic ring is 1. The Morgan fingerprint density at radius 2 is 2.11 bits per heavy atom. The van der Waals surface area contributed by atoms with Crippen molar-refractivity contribution in [3.63, 3.8) is 0 Å². The second kappa shape index (κ2) is 6.88. The van der Waals surface area contributed by atoms with E-state index < -0.39 is 26.6 Å². The van der Waals surface area contributed by atoms with Gasteiger partial charge in [0.15, 0.2) is 11.6 Å². The van der Waals surface area contributed by atoms with Gasteiger partial charge >= 0.3 is 0 Å². The molecular weight excluding hydrogens is 294 g/mol. The Balaban J connectivity index is 2.80. The monoisotopic (exact) mass is 308 g/mol. The molecule has 0 amide bonds. The molecule has 0 saturated carbocycles. The maximum absolute atomic E-state index is 13.4. The summed E-state index contributed by atoms with van der Waals surface area (Å²) in [5.41, 5.74) is 5.15. The molecule has 106 valence electrons. The van der Waals surface area contributed by atoms with Gasteiger partial charge in [0.1, 0.15) is 4.90 Å². The van der Waals surface area contributed by atoms with Crippen LogP contribution in [0.2, 0.25) is 0 Å². The molecule has 0 aliphatic heterocycles. The van der Waals surface area contributed by atoms with Crippen molar-refractivity contribution >= 4 is 27.5 Å². The number of anilines is 1. The molecule has 0 fully saturated rings. The van der Waals surface area contributed by atoms with Crippen LogP contribution < -0.4 is 10.5 Å². The highest BCUT2D eigenvalue weighted by Crippen LogP contribution is 2.20. The number of sulfonamides is 1. The van der Waals surface area contributed by atoms with Crippen LogP contribution in [0, 0.1) is 11.6 Å². The predicted molar refractivity (Wildman–Crippen MR) is 73.5 cm³/mol. The van der Waals surface area contributed by atoms with Gasteiger partial charge in [-0.25, -0.2) is 21.9 Å². The van der Waals surface area contributed by atoms with Crippen molar-refractivity contribution in [3.05, 3.63) is 36.4 Å². The van der Waals surface area contributed by atoms with E-state index in [9.17, 15) is 17.2 Å². The van der Waals surface area contributed by atoms with E-state index >= 15 is 0 Å². The second-order valence-corrected chi connectivity index (χ2v) is 6.46. The molecule has 4 nitrogen and oxygen atoms in total. The van der Waals surface area contributed by atoms with Gasteiger partial charge in [-0.3, -0.25) is 0 Å². The third-order valence-corrected chi connectivity index (χ3v) is 4.51. The van der Waals surface area contributed by atoms with Crippen molar-refractivity contribution in [1.82, 2.24) is 4.72 Å². The summed E-state index contributed by atoms with van der Waals surface area (Å²) in [6, 6.07) is 1.62. The lowest BCUT2D eigenvalue weighted by molar-refractivity contribution is 0.484. The van der Waals surface area contributed by atoms with Gasteiger partial charge in [-0.2, -0.15) is 11.8 Å². The largest absolute Gasteiger partial charge is 0.399 e. The molecule has 0 aromatic heterocycles. The summed E-state index contributed by atoms with van der Waals surface area (Å²) >= 11 is 1.46. The minimum Gasteiger partial charge on any atom is -0.399 e. The van der Waals surface area contributed by atoms with Crippen LogP contribution in [-0.4, -0.2) is 26.5 Å². The number of benzene rings is 1. The number of nitrogens with two attached hydrogens (primary N) is 1. The van der Waals surface area contributed by atoms with E-state index in [0.29, 0.717) is 11.5 Å². The third-order valence-electron chi connectivity index (χ3n) is 2.08. The van der Waals surface area contributed by atoms with Crippen molar-refractivity contribution in [3.8, 4) is 0 Å². The van der Waals surface area contributed by atoms with E-state index in [1.165, 1.54) is 11.8 Å². The van der Waals surface area contributed by atoms with E-state index in [1.807, 2.05) is 0 Å². The highest BCUT2D eigenvalue weighted by atomic mass is 32.2. The molecule has 0 heterocycles. The zero-order valence-corrected chi connectivity index (χ0v) is 11.7. The summed E-state index contributed by atoms with van der Waals surface area (Å²) in [6.45, 7) is 3.63. The molecule has 0 unspecified atom stereocenters. The first-order chi connectivity index (χ1) is 8.88. The molecule has 1 rings (SSSR count). The maximum atomic E-state index is 13.4. The summed E-state index contributed by atoms with van der Waals surface area (Å²) < 4.78 is 52.3. The third kappa shape index (κ3) is 4.48. The van der Waals surface area contributed by atoms with Crippen LogP contribution in [0.4, 0.5) is 14.5 Å². The average molecular weight is 308 g/mol. The molecule has 1 aromatic rings. The lowest BCUT2D eigenvalue weighted by Gasteiger charge is -2.08. The van der Waals surface area contributed by atoms with Gasteiger partial charge in [-0.05, 0) is 12.1 Å². The van der Waals surface area contributed by atoms with E-state index in [2.05, 4.69) is 11.3 Å². The molecule has 0 radical (unpaired) electrons. The Morgan fingerprint density at radius 3 is 2.74 bits per heavy atom. The predicted octanol–water partition coefficient (Wildman–Crippen LogP) is 1.74. The fraction of sp³-hybridized carbons (Fsp3) is 0.273. The van der Waals surface area contributed by atoms with Gasteiger partial charge in [0.05, 0.1) is 0 Å². The van der Waals surface area contributed by atoms with E-state index in [-0.39, 0.29) is 12.2 Å². The van der Waals surface area contributed by atoms with E-state index in [0.717, 1.165) is 12.1 Å². The smallest absolute Gasteiger partial charge is 0.243 e. The van der Waals surface area contributed by atoms with Crippen LogP contribution in [0.3, 0.4) is 0 Å². The summed E-state index contributed by atoms with van der Waals surface area (Å²) in [5, 5.41) is 0. The molecule has 19 heavy (non-hydrogen) atoms. The maximum Gasteiger partial charge on any atom is 0.243 e. The molecule has 3 N–H and O–H groups in total. The van der Waals surface area contributed by atoms with Crippen LogP contribution in [0.25, 0.3) is 0 Å². The summed E-state index contributed by atoms with van der Waals surface area (Å²) in [7, 11) is -4.11. The zero-order chi connectivity index (χ0) is 14.5. The van der Waals surface area contributed by atoms with Crippen molar-refractivity contribution in [1.29, 1.82) is 0 Å². The van der Waals surface area contributed by atoms with Gasteiger partial charge < -0.3 is 5.73 Å². The van der Waals surface area contributed by atoms with Crippen LogP contribution in [0.5, 0.6) is 0 Å². The van der Waals surface area contributed by atoms with Crippen LogP contribution >= 0.6 is 11.8 Å². The molecule has 0 aliphatic carbocycles. The topological polar surface area (TPSA) is 72.2 Å². The number of rotatable bonds is 7. The standard InChI is InChI=1S/C11H14F2N2O2S2/c1-2-4-18-5-3-15-19(16,17)10-7-8(14)6-9(12)11(10)13/h2,6-7,15H,1,3-5,14H2. The summed E-state index contributed by atoms with van der Waals surface area (Å²) in [5.74, 6) is -1.54. The lowest BCUT2D eigenvalue weighted by atomic mass is 10.3. The Bertz CT molecular complexity index is 562. The minimum atomic E-state index is -4.11. The first kappa shape index (κ1) is 15.9. The number of hydrogen-bond donors (Lipinski definition) is 2. The van der Waals surface area contributed by atoms with E-state index in [4.69, 9.17) is 5.73 Å².